The zero-order valence-electron chi connectivity index (χ0n) is 10.5. The van der Waals surface area contributed by atoms with Crippen LogP contribution in [0, 0.1) is 0 Å². The van der Waals surface area contributed by atoms with Gasteiger partial charge in [-0.2, -0.15) is 11.3 Å². The lowest BCUT2D eigenvalue weighted by Crippen LogP contribution is -2.33. The van der Waals surface area contributed by atoms with Gasteiger partial charge in [-0.25, -0.2) is 0 Å². The first-order valence-electron chi connectivity index (χ1n) is 5.75. The predicted octanol–water partition coefficient (Wildman–Crippen LogP) is 3.39. The molecule has 0 aliphatic heterocycles. The molecule has 1 amide bonds. The van der Waals surface area contributed by atoms with E-state index >= 15 is 0 Å². The summed E-state index contributed by atoms with van der Waals surface area (Å²) in [5.74, 6) is 0.201. The first-order valence-corrected chi connectivity index (χ1v) is 7.49. The molecule has 2 heterocycles. The van der Waals surface area contributed by atoms with Crippen LogP contribution in [0.3, 0.4) is 0 Å². The third-order valence-corrected chi connectivity index (χ3v) is 3.75. The van der Waals surface area contributed by atoms with Crippen molar-refractivity contribution < 1.29 is 13.9 Å². The molecule has 19 heavy (non-hydrogen) atoms. The highest BCUT2D eigenvalue weighted by Crippen LogP contribution is 2.17. The third-order valence-electron chi connectivity index (χ3n) is 2.59. The maximum absolute atomic E-state index is 12.3. The molecule has 0 saturated heterocycles. The minimum Gasteiger partial charge on any atom is -0.444 e. The maximum atomic E-state index is 12.3. The van der Waals surface area contributed by atoms with Crippen molar-refractivity contribution in [1.29, 1.82) is 0 Å². The topological polar surface area (TPSA) is 42.7 Å². The van der Waals surface area contributed by atoms with Gasteiger partial charge in [0.1, 0.15) is 0 Å². The van der Waals surface area contributed by atoms with E-state index in [0.29, 0.717) is 30.1 Å². The van der Waals surface area contributed by atoms with Gasteiger partial charge < -0.3 is 14.1 Å². The summed E-state index contributed by atoms with van der Waals surface area (Å²) in [4.78, 5) is 14.1. The molecule has 0 N–H and O–H groups in total. The smallest absolute Gasteiger partial charge is 0.289 e. The summed E-state index contributed by atoms with van der Waals surface area (Å²) in [5.41, 5.74) is 1.11. The second-order valence-electron chi connectivity index (χ2n) is 3.95. The average Bonchev–Trinajstić information content (AvgIpc) is 3.05. The highest BCUT2D eigenvalue weighted by molar-refractivity contribution is 9.10. The zero-order chi connectivity index (χ0) is 13.7. The number of hydrogen-bond donors (Lipinski definition) is 0. The van der Waals surface area contributed by atoms with Gasteiger partial charge in [0, 0.05) is 20.2 Å². The molecule has 0 atom stereocenters. The molecule has 0 spiro atoms. The number of ether oxygens (including phenoxy) is 1. The van der Waals surface area contributed by atoms with Crippen LogP contribution in [0.2, 0.25) is 0 Å². The van der Waals surface area contributed by atoms with Crippen molar-refractivity contribution in [2.45, 2.75) is 6.54 Å². The Hall–Kier alpha value is -1.11. The second-order valence-corrected chi connectivity index (χ2v) is 5.52. The van der Waals surface area contributed by atoms with Crippen LogP contribution in [0.15, 0.2) is 38.0 Å². The highest BCUT2D eigenvalue weighted by Gasteiger charge is 2.19. The molecule has 102 valence electrons. The monoisotopic (exact) mass is 343 g/mol. The number of rotatable bonds is 6. The van der Waals surface area contributed by atoms with Gasteiger partial charge in [-0.05, 0) is 50.5 Å². The van der Waals surface area contributed by atoms with Crippen molar-refractivity contribution in [3.05, 3.63) is 45.0 Å². The first kappa shape index (κ1) is 14.3. The fraction of sp³-hybridized carbons (Fsp3) is 0.308. The van der Waals surface area contributed by atoms with Crippen molar-refractivity contribution in [2.75, 3.05) is 20.3 Å². The van der Waals surface area contributed by atoms with Crippen LogP contribution < -0.4 is 0 Å². The SMILES string of the molecule is COCCN(Cc1ccsc1)C(=O)c1ccc(Br)o1. The average molecular weight is 344 g/mol. The number of hydrogen-bond acceptors (Lipinski definition) is 4. The van der Waals surface area contributed by atoms with E-state index in [1.807, 2.05) is 16.8 Å². The quantitative estimate of drug-likeness (QED) is 0.807. The first-order chi connectivity index (χ1) is 9.20. The molecular weight excluding hydrogens is 330 g/mol. The number of amides is 1. The van der Waals surface area contributed by atoms with Crippen LogP contribution in [0.1, 0.15) is 16.1 Å². The number of carbonyl (C=O) groups is 1. The number of nitrogens with zero attached hydrogens (tertiary/aromatic N) is 1. The Bertz CT molecular complexity index is 524. The third kappa shape index (κ3) is 3.92. The fourth-order valence-electron chi connectivity index (χ4n) is 1.64. The van der Waals surface area contributed by atoms with Gasteiger partial charge in [0.2, 0.25) is 0 Å². The lowest BCUT2D eigenvalue weighted by Gasteiger charge is -2.20. The summed E-state index contributed by atoms with van der Waals surface area (Å²) in [6.45, 7) is 1.59. The van der Waals surface area contributed by atoms with E-state index in [2.05, 4.69) is 15.9 Å². The van der Waals surface area contributed by atoms with Gasteiger partial charge in [0.15, 0.2) is 10.4 Å². The summed E-state index contributed by atoms with van der Waals surface area (Å²) in [7, 11) is 1.62. The molecule has 0 unspecified atom stereocenters. The Labute approximate surface area is 124 Å². The predicted molar refractivity (Wildman–Crippen MR) is 77.3 cm³/mol. The van der Waals surface area contributed by atoms with E-state index in [9.17, 15) is 4.79 Å². The number of methoxy groups -OCH3 is 1. The lowest BCUT2D eigenvalue weighted by atomic mass is 10.3. The largest absolute Gasteiger partial charge is 0.444 e. The molecule has 6 heteroatoms. The van der Waals surface area contributed by atoms with Crippen molar-refractivity contribution in [3.8, 4) is 0 Å². The number of thiophene rings is 1. The van der Waals surface area contributed by atoms with Crippen LogP contribution >= 0.6 is 27.3 Å². The Morgan fingerprint density at radius 3 is 2.89 bits per heavy atom. The molecule has 2 aromatic rings. The number of furan rings is 1. The molecule has 0 aliphatic carbocycles. The van der Waals surface area contributed by atoms with Crippen molar-refractivity contribution in [3.63, 3.8) is 0 Å². The van der Waals surface area contributed by atoms with E-state index in [1.165, 1.54) is 0 Å². The molecule has 0 aromatic carbocycles. The van der Waals surface area contributed by atoms with Gasteiger partial charge in [0.05, 0.1) is 6.61 Å². The molecule has 0 fully saturated rings. The minimum atomic E-state index is -0.131. The van der Waals surface area contributed by atoms with Gasteiger partial charge in [-0.1, -0.05) is 0 Å². The van der Waals surface area contributed by atoms with E-state index in [4.69, 9.17) is 9.15 Å². The Kier molecular flexibility index (Phi) is 5.18. The molecule has 0 aliphatic rings. The van der Waals surface area contributed by atoms with Crippen molar-refractivity contribution in [1.82, 2.24) is 4.90 Å². The van der Waals surface area contributed by atoms with E-state index in [-0.39, 0.29) is 5.91 Å². The number of carbonyl (C=O) groups excluding carboxylic acids is 1. The van der Waals surface area contributed by atoms with E-state index in [0.717, 1.165) is 5.56 Å². The van der Waals surface area contributed by atoms with Crippen LogP contribution in [-0.4, -0.2) is 31.1 Å². The van der Waals surface area contributed by atoms with Gasteiger partial charge in [-0.3, -0.25) is 4.79 Å². The standard InChI is InChI=1S/C13H14BrNO3S/c1-17-6-5-15(8-10-4-7-19-9-10)13(16)11-2-3-12(14)18-11/h2-4,7,9H,5-6,8H2,1H3. The normalized spacial score (nSPS) is 10.6. The summed E-state index contributed by atoms with van der Waals surface area (Å²) < 4.78 is 10.9. The van der Waals surface area contributed by atoms with Crippen LogP contribution in [0.5, 0.6) is 0 Å². The fourth-order valence-corrected chi connectivity index (χ4v) is 2.61. The van der Waals surface area contributed by atoms with Crippen LogP contribution in [-0.2, 0) is 11.3 Å². The zero-order valence-corrected chi connectivity index (χ0v) is 12.9. The van der Waals surface area contributed by atoms with Crippen molar-refractivity contribution >= 4 is 33.2 Å². The van der Waals surface area contributed by atoms with E-state index < -0.39 is 0 Å². The molecule has 2 aromatic heterocycles. The minimum absolute atomic E-state index is 0.131. The second kappa shape index (κ2) is 6.88. The number of halogens is 1. The summed E-state index contributed by atoms with van der Waals surface area (Å²) in [6.07, 6.45) is 0. The summed E-state index contributed by atoms with van der Waals surface area (Å²) in [5, 5.41) is 4.03. The van der Waals surface area contributed by atoms with Crippen LogP contribution in [0.4, 0.5) is 0 Å². The Balaban J connectivity index is 2.10. The Morgan fingerprint density at radius 2 is 2.32 bits per heavy atom. The van der Waals surface area contributed by atoms with Crippen molar-refractivity contribution in [2.24, 2.45) is 0 Å². The highest BCUT2D eigenvalue weighted by atomic mass is 79.9. The summed E-state index contributed by atoms with van der Waals surface area (Å²) in [6, 6.07) is 5.39. The molecular formula is C13H14BrNO3S. The maximum Gasteiger partial charge on any atom is 0.289 e. The lowest BCUT2D eigenvalue weighted by molar-refractivity contribution is 0.0648. The molecule has 2 rings (SSSR count). The van der Waals surface area contributed by atoms with Gasteiger partial charge in [-0.15, -0.1) is 0 Å². The van der Waals surface area contributed by atoms with Crippen LogP contribution in [0.25, 0.3) is 0 Å². The molecule has 0 bridgehead atoms. The molecule has 0 saturated carbocycles. The van der Waals surface area contributed by atoms with E-state index in [1.54, 1.807) is 35.5 Å². The van der Waals surface area contributed by atoms with Gasteiger partial charge in [0.25, 0.3) is 5.91 Å². The summed E-state index contributed by atoms with van der Waals surface area (Å²) >= 11 is 4.82. The molecule has 0 radical (unpaired) electrons. The molecule has 4 nitrogen and oxygen atoms in total. The Morgan fingerprint density at radius 1 is 1.47 bits per heavy atom. The van der Waals surface area contributed by atoms with Gasteiger partial charge >= 0.3 is 0 Å².